The average Bonchev–Trinajstić information content (AvgIpc) is 3.58. The first kappa shape index (κ1) is 46.5. The van der Waals surface area contributed by atoms with Crippen molar-refractivity contribution < 1.29 is 41.8 Å². The van der Waals surface area contributed by atoms with Gasteiger partial charge < -0.3 is 29.7 Å². The van der Waals surface area contributed by atoms with E-state index in [-0.39, 0.29) is 37.9 Å². The smallest absolute Gasteiger partial charge is 0.408 e. The molecule has 0 radical (unpaired) electrons. The molecule has 2 fully saturated rings. The van der Waals surface area contributed by atoms with Crippen LogP contribution in [0.3, 0.4) is 0 Å². The number of aromatic nitrogens is 3. The van der Waals surface area contributed by atoms with Crippen molar-refractivity contribution in [3.8, 4) is 33.6 Å². The number of thiazole rings is 1. The van der Waals surface area contributed by atoms with Crippen LogP contribution in [-0.4, -0.2) is 113 Å². The molecule has 4 heterocycles. The minimum Gasteiger partial charge on any atom is -0.497 e. The lowest BCUT2D eigenvalue weighted by atomic mass is 10.0. The molecule has 5 atom stereocenters. The second-order valence-corrected chi connectivity index (χ2v) is 20.8. The van der Waals surface area contributed by atoms with Gasteiger partial charge in [0.1, 0.15) is 45.6 Å². The molecule has 19 heteroatoms. The minimum atomic E-state index is -4.20. The van der Waals surface area contributed by atoms with E-state index in [1.165, 1.54) is 30.3 Å². The molecule has 344 valence electrons. The number of fused-ring (bicyclic) bond motifs is 3. The number of ether oxygens (including phenoxy) is 3. The predicted octanol–water partition coefficient (Wildman–Crippen LogP) is 5.98. The summed E-state index contributed by atoms with van der Waals surface area (Å²) < 4.78 is 48.3. The number of carbonyl (C=O) groups excluding carboxylic acids is 4. The van der Waals surface area contributed by atoms with Crippen molar-refractivity contribution in [2.45, 2.75) is 115 Å². The summed E-state index contributed by atoms with van der Waals surface area (Å²) >= 11 is 1.49. The zero-order chi connectivity index (χ0) is 46.1. The zero-order valence-corrected chi connectivity index (χ0v) is 39.2. The number of methoxy groups -OCH3 is 1. The largest absolute Gasteiger partial charge is 0.497 e. The molecule has 3 N–H and O–H groups in total. The van der Waals surface area contributed by atoms with E-state index in [1.54, 1.807) is 27.9 Å². The summed E-state index contributed by atoms with van der Waals surface area (Å²) in [6.07, 6.45) is 5.48. The molecule has 0 bridgehead atoms. The van der Waals surface area contributed by atoms with Crippen LogP contribution < -0.4 is 24.8 Å². The number of amides is 4. The minimum absolute atomic E-state index is 0.00939. The fourth-order valence-electron chi connectivity index (χ4n) is 8.23. The van der Waals surface area contributed by atoms with Crippen molar-refractivity contribution in [3.63, 3.8) is 0 Å². The maximum atomic E-state index is 14.7. The number of hydrogen-bond acceptors (Lipinski definition) is 12. The predicted molar refractivity (Wildman–Crippen MR) is 243 cm³/mol. The molecule has 4 aromatic rings. The van der Waals surface area contributed by atoms with Crippen LogP contribution in [0.1, 0.15) is 85.6 Å². The molecular weight excluding hydrogens is 861 g/mol. The van der Waals surface area contributed by atoms with Crippen molar-refractivity contribution in [3.05, 3.63) is 60.0 Å². The van der Waals surface area contributed by atoms with Gasteiger partial charge in [-0.3, -0.25) is 19.0 Å². The fraction of sp³-hybridized carbons (Fsp3) is 0.511. The standard InChI is InChI=1S/C45H58N8O9S2/c1-27(2)53-35-21-15-19-32(39-46-34(26-63-39)28-16-14-18-30(22-28)60-8)37(35)48-42(53)61-31-23-36-38(54)49-45(41(56)50-64(58,59)51(6)7)24-29(45)17-12-10-9-11-13-20-33(40(55)52(36)25-31)47-43(57)62-44(3,4)5/h12,14-19,21-22,26-27,29,31,33,36H,9-11,13,20,23-25H2,1-8H3,(H,47,57)(H,49,54)(H,50,56)/b17-12-/t29-,31-,33+,36+,45-/m1/s1. The summed E-state index contributed by atoms with van der Waals surface area (Å²) in [4.78, 5) is 67.8. The molecule has 7 rings (SSSR count). The van der Waals surface area contributed by atoms with E-state index in [4.69, 9.17) is 24.2 Å². The summed E-state index contributed by atoms with van der Waals surface area (Å²) in [6.45, 7) is 9.15. The number of alkyl carbamates (subject to hydrolysis) is 1. The first-order valence-corrected chi connectivity index (χ1v) is 23.9. The van der Waals surface area contributed by atoms with Gasteiger partial charge in [0, 0.05) is 49.0 Å². The number of hydrogen-bond donors (Lipinski definition) is 3. The molecule has 2 aromatic heterocycles. The first-order valence-electron chi connectivity index (χ1n) is 21.6. The Balaban J connectivity index is 1.23. The quantitative estimate of drug-likeness (QED) is 0.158. The van der Waals surface area contributed by atoms with Crippen LogP contribution in [0.15, 0.2) is 60.0 Å². The zero-order valence-electron chi connectivity index (χ0n) is 37.5. The second-order valence-electron chi connectivity index (χ2n) is 18.0. The van der Waals surface area contributed by atoms with Gasteiger partial charge >= 0.3 is 16.3 Å². The van der Waals surface area contributed by atoms with Gasteiger partial charge in [-0.1, -0.05) is 43.2 Å². The first-order chi connectivity index (χ1) is 30.3. The summed E-state index contributed by atoms with van der Waals surface area (Å²) in [5.41, 5.74) is 1.56. The third-order valence-electron chi connectivity index (χ3n) is 11.6. The van der Waals surface area contributed by atoms with Crippen LogP contribution in [0.4, 0.5) is 4.79 Å². The van der Waals surface area contributed by atoms with Crippen LogP contribution in [-0.2, 0) is 29.3 Å². The lowest BCUT2D eigenvalue weighted by Crippen LogP contribution is -2.58. The molecule has 3 aliphatic rings. The molecule has 17 nitrogen and oxygen atoms in total. The number of imidazole rings is 1. The van der Waals surface area contributed by atoms with E-state index in [0.29, 0.717) is 18.4 Å². The highest BCUT2D eigenvalue weighted by Gasteiger charge is 2.62. The summed E-state index contributed by atoms with van der Waals surface area (Å²) in [5, 5.41) is 8.39. The van der Waals surface area contributed by atoms with E-state index in [1.807, 2.05) is 78.4 Å². The number of carbonyl (C=O) groups is 4. The highest BCUT2D eigenvalue weighted by molar-refractivity contribution is 7.87. The maximum Gasteiger partial charge on any atom is 0.408 e. The Morgan fingerprint density at radius 3 is 2.55 bits per heavy atom. The van der Waals surface area contributed by atoms with Crippen molar-refractivity contribution in [2.75, 3.05) is 27.7 Å². The van der Waals surface area contributed by atoms with Gasteiger partial charge in [-0.05, 0) is 84.6 Å². The Hall–Kier alpha value is -5.53. The van der Waals surface area contributed by atoms with E-state index in [0.717, 1.165) is 50.2 Å². The molecule has 2 aliphatic heterocycles. The van der Waals surface area contributed by atoms with Crippen LogP contribution in [0.5, 0.6) is 11.8 Å². The Bertz CT molecular complexity index is 2550. The van der Waals surface area contributed by atoms with Crippen LogP contribution in [0.2, 0.25) is 0 Å². The van der Waals surface area contributed by atoms with Gasteiger partial charge in [-0.2, -0.15) is 17.7 Å². The Labute approximate surface area is 378 Å². The fourth-order valence-corrected chi connectivity index (χ4v) is 9.68. The Morgan fingerprint density at radius 1 is 1.06 bits per heavy atom. The summed E-state index contributed by atoms with van der Waals surface area (Å²) in [7, 11) is 0.0166. The summed E-state index contributed by atoms with van der Waals surface area (Å²) in [5.74, 6) is -1.81. The molecule has 0 unspecified atom stereocenters. The molecule has 4 amide bonds. The van der Waals surface area contributed by atoms with Gasteiger partial charge in [0.15, 0.2) is 0 Å². The van der Waals surface area contributed by atoms with E-state index < -0.39 is 69.3 Å². The molecule has 64 heavy (non-hydrogen) atoms. The third kappa shape index (κ3) is 10.1. The molecule has 1 saturated carbocycles. The molecule has 1 aliphatic carbocycles. The van der Waals surface area contributed by atoms with E-state index in [9.17, 15) is 27.6 Å². The lowest BCUT2D eigenvalue weighted by molar-refractivity contribution is -0.141. The van der Waals surface area contributed by atoms with Crippen molar-refractivity contribution >= 4 is 56.4 Å². The lowest BCUT2D eigenvalue weighted by Gasteiger charge is -2.30. The number of benzene rings is 2. The monoisotopic (exact) mass is 918 g/mol. The number of para-hydroxylation sites is 1. The molecule has 0 spiro atoms. The number of nitrogens with zero attached hydrogens (tertiary/aromatic N) is 5. The highest BCUT2D eigenvalue weighted by Crippen LogP contribution is 2.46. The Morgan fingerprint density at radius 2 is 1.83 bits per heavy atom. The highest BCUT2D eigenvalue weighted by atomic mass is 32.2. The van der Waals surface area contributed by atoms with Crippen molar-refractivity contribution in [2.24, 2.45) is 5.92 Å². The van der Waals surface area contributed by atoms with Gasteiger partial charge in [-0.15, -0.1) is 11.3 Å². The van der Waals surface area contributed by atoms with Crippen molar-refractivity contribution in [1.29, 1.82) is 0 Å². The van der Waals surface area contributed by atoms with Gasteiger partial charge in [0.05, 0.1) is 24.9 Å². The molecule has 2 aromatic carbocycles. The van der Waals surface area contributed by atoms with Crippen molar-refractivity contribution in [1.82, 2.24) is 39.1 Å². The number of nitrogens with one attached hydrogen (secondary N) is 3. The van der Waals surface area contributed by atoms with Crippen LogP contribution in [0, 0.1) is 5.92 Å². The SMILES string of the molecule is COc1cccc(-c2csc(-c3cccc4c3nc(O[C@@H]3C[C@H]5C(=O)N[C@]6(C(=O)NS(=O)(=O)N(C)C)C[C@H]6/C=C\CCCCC[C@H](NC(=O)OC(C)(C)C)C(=O)N5C3)n4C(C)C)n2)c1. The number of rotatable bonds is 10. The third-order valence-corrected chi connectivity index (χ3v) is 13.9. The van der Waals surface area contributed by atoms with Crippen LogP contribution >= 0.6 is 11.3 Å². The topological polar surface area (TPSA) is 203 Å². The molecule has 1 saturated heterocycles. The van der Waals surface area contributed by atoms with Gasteiger partial charge in [0.2, 0.25) is 11.8 Å². The summed E-state index contributed by atoms with van der Waals surface area (Å²) in [6, 6.07) is 11.5. The Kier molecular flexibility index (Phi) is 13.4. The van der Waals surface area contributed by atoms with E-state index >= 15 is 0 Å². The average molecular weight is 919 g/mol. The molecular formula is C45H58N8O9S2. The van der Waals surface area contributed by atoms with Gasteiger partial charge in [-0.25, -0.2) is 14.5 Å². The van der Waals surface area contributed by atoms with Crippen LogP contribution in [0.25, 0.3) is 32.9 Å². The van der Waals surface area contributed by atoms with E-state index in [2.05, 4.69) is 15.4 Å². The van der Waals surface area contributed by atoms with Gasteiger partial charge in [0.25, 0.3) is 11.9 Å². The second kappa shape index (κ2) is 18.5. The number of allylic oxidation sites excluding steroid dienone is 1. The normalized spacial score (nSPS) is 23.7. The maximum absolute atomic E-state index is 14.7.